The molecule has 2 aromatic heterocycles. The number of hydrogen-bond donors (Lipinski definition) is 1. The van der Waals surface area contributed by atoms with Crippen molar-refractivity contribution in [3.8, 4) is 0 Å². The van der Waals surface area contributed by atoms with Gasteiger partial charge in [-0.05, 0) is 12.8 Å². The molecule has 0 amide bonds. The standard InChI is InChI=1S/C10H14N4OS/c1-11-9-12-10-14(13-9)8(6-16-10)7-2-4-15-5-3-7/h6-7H,2-5H2,1H3,(H,11,13). The van der Waals surface area contributed by atoms with E-state index in [9.17, 15) is 0 Å². The molecule has 5 nitrogen and oxygen atoms in total. The summed E-state index contributed by atoms with van der Waals surface area (Å²) in [5.74, 6) is 1.26. The Morgan fingerprint density at radius 3 is 3.06 bits per heavy atom. The first-order valence-corrected chi connectivity index (χ1v) is 6.36. The number of ether oxygens (including phenoxy) is 1. The molecule has 0 aromatic carbocycles. The molecule has 6 heteroatoms. The third-order valence-corrected chi connectivity index (χ3v) is 3.80. The summed E-state index contributed by atoms with van der Waals surface area (Å²) in [4.78, 5) is 5.34. The third-order valence-electron chi connectivity index (χ3n) is 2.97. The Hall–Kier alpha value is -1.14. The van der Waals surface area contributed by atoms with Gasteiger partial charge < -0.3 is 10.1 Å². The van der Waals surface area contributed by atoms with Gasteiger partial charge in [-0.1, -0.05) is 0 Å². The normalized spacial score (nSPS) is 18.1. The van der Waals surface area contributed by atoms with Crippen LogP contribution in [-0.4, -0.2) is 34.9 Å². The average molecular weight is 238 g/mol. The van der Waals surface area contributed by atoms with Crippen molar-refractivity contribution in [2.75, 3.05) is 25.6 Å². The molecular formula is C10H14N4OS. The fraction of sp³-hybridized carbons (Fsp3) is 0.600. The van der Waals surface area contributed by atoms with E-state index < -0.39 is 0 Å². The van der Waals surface area contributed by atoms with Gasteiger partial charge in [0.25, 0.3) is 0 Å². The predicted molar refractivity (Wildman–Crippen MR) is 63.2 cm³/mol. The largest absolute Gasteiger partial charge is 0.381 e. The lowest BCUT2D eigenvalue weighted by atomic mass is 9.97. The van der Waals surface area contributed by atoms with Crippen molar-refractivity contribution in [1.82, 2.24) is 14.6 Å². The van der Waals surface area contributed by atoms with Crippen molar-refractivity contribution in [3.63, 3.8) is 0 Å². The molecule has 0 unspecified atom stereocenters. The van der Waals surface area contributed by atoms with Gasteiger partial charge in [0.2, 0.25) is 10.9 Å². The van der Waals surface area contributed by atoms with Crippen LogP contribution in [-0.2, 0) is 4.74 Å². The molecule has 0 radical (unpaired) electrons. The Morgan fingerprint density at radius 2 is 2.31 bits per heavy atom. The Morgan fingerprint density at radius 1 is 1.50 bits per heavy atom. The highest BCUT2D eigenvalue weighted by Crippen LogP contribution is 2.30. The van der Waals surface area contributed by atoms with Crippen LogP contribution in [0.2, 0.25) is 0 Å². The van der Waals surface area contributed by atoms with Gasteiger partial charge in [-0.25, -0.2) is 4.52 Å². The maximum atomic E-state index is 5.38. The smallest absolute Gasteiger partial charge is 0.243 e. The molecule has 0 atom stereocenters. The molecule has 1 aliphatic heterocycles. The second-order valence-electron chi connectivity index (χ2n) is 3.93. The van der Waals surface area contributed by atoms with Crippen LogP contribution < -0.4 is 5.32 Å². The van der Waals surface area contributed by atoms with Gasteiger partial charge in [-0.15, -0.1) is 16.4 Å². The zero-order valence-electron chi connectivity index (χ0n) is 9.14. The second-order valence-corrected chi connectivity index (χ2v) is 4.76. The number of anilines is 1. The third kappa shape index (κ3) is 1.58. The molecule has 1 N–H and O–H groups in total. The summed E-state index contributed by atoms with van der Waals surface area (Å²) in [6.45, 7) is 1.71. The molecule has 0 aliphatic carbocycles. The minimum absolute atomic E-state index is 0.564. The summed E-state index contributed by atoms with van der Waals surface area (Å²) in [5, 5.41) is 9.57. The van der Waals surface area contributed by atoms with Crippen LogP contribution in [0.4, 0.5) is 5.95 Å². The molecule has 1 fully saturated rings. The molecule has 0 saturated carbocycles. The minimum Gasteiger partial charge on any atom is -0.381 e. The van der Waals surface area contributed by atoms with E-state index in [1.54, 1.807) is 11.3 Å². The topological polar surface area (TPSA) is 51.5 Å². The molecule has 3 heterocycles. The van der Waals surface area contributed by atoms with Crippen molar-refractivity contribution in [2.24, 2.45) is 0 Å². The molecule has 2 aromatic rings. The lowest BCUT2D eigenvalue weighted by Gasteiger charge is -2.20. The summed E-state index contributed by atoms with van der Waals surface area (Å²) < 4.78 is 7.35. The van der Waals surface area contributed by atoms with Crippen molar-refractivity contribution >= 4 is 22.2 Å². The zero-order chi connectivity index (χ0) is 11.0. The number of hydrogen-bond acceptors (Lipinski definition) is 5. The van der Waals surface area contributed by atoms with E-state index >= 15 is 0 Å². The Balaban J connectivity index is 1.98. The van der Waals surface area contributed by atoms with E-state index in [0.29, 0.717) is 11.9 Å². The monoisotopic (exact) mass is 238 g/mol. The average Bonchev–Trinajstić information content (AvgIpc) is 2.88. The lowest BCUT2D eigenvalue weighted by Crippen LogP contribution is -2.15. The van der Waals surface area contributed by atoms with E-state index in [1.165, 1.54) is 5.69 Å². The summed E-state index contributed by atoms with van der Waals surface area (Å²) in [6.07, 6.45) is 2.17. The van der Waals surface area contributed by atoms with Crippen LogP contribution in [0.15, 0.2) is 5.38 Å². The highest BCUT2D eigenvalue weighted by atomic mass is 32.1. The van der Waals surface area contributed by atoms with Gasteiger partial charge >= 0.3 is 0 Å². The number of aromatic nitrogens is 3. The van der Waals surface area contributed by atoms with Crippen LogP contribution in [0, 0.1) is 0 Å². The number of rotatable bonds is 2. The number of nitrogens with zero attached hydrogens (tertiary/aromatic N) is 3. The highest BCUT2D eigenvalue weighted by molar-refractivity contribution is 7.15. The first-order valence-electron chi connectivity index (χ1n) is 5.48. The van der Waals surface area contributed by atoms with Crippen LogP contribution in [0.5, 0.6) is 0 Å². The molecule has 3 rings (SSSR count). The number of thiazole rings is 1. The van der Waals surface area contributed by atoms with Crippen molar-refractivity contribution in [1.29, 1.82) is 0 Å². The maximum Gasteiger partial charge on any atom is 0.243 e. The molecule has 0 spiro atoms. The Bertz CT molecular complexity index is 486. The predicted octanol–water partition coefficient (Wildman–Crippen LogP) is 1.73. The van der Waals surface area contributed by atoms with Crippen LogP contribution in [0.3, 0.4) is 0 Å². The van der Waals surface area contributed by atoms with Crippen molar-refractivity contribution in [2.45, 2.75) is 18.8 Å². The maximum absolute atomic E-state index is 5.38. The molecular weight excluding hydrogens is 224 g/mol. The summed E-state index contributed by atoms with van der Waals surface area (Å²) in [6, 6.07) is 0. The van der Waals surface area contributed by atoms with Gasteiger partial charge in [0.05, 0.1) is 5.69 Å². The van der Waals surface area contributed by atoms with Gasteiger partial charge in [0.15, 0.2) is 0 Å². The molecule has 0 bridgehead atoms. The van der Waals surface area contributed by atoms with Gasteiger partial charge in [0, 0.05) is 31.6 Å². The van der Waals surface area contributed by atoms with Crippen molar-refractivity contribution in [3.05, 3.63) is 11.1 Å². The van der Waals surface area contributed by atoms with Gasteiger partial charge in [-0.2, -0.15) is 4.98 Å². The van der Waals surface area contributed by atoms with Gasteiger partial charge in [0.1, 0.15) is 0 Å². The summed E-state index contributed by atoms with van der Waals surface area (Å²) >= 11 is 1.65. The summed E-state index contributed by atoms with van der Waals surface area (Å²) in [5.41, 5.74) is 1.28. The minimum atomic E-state index is 0.564. The van der Waals surface area contributed by atoms with E-state index in [0.717, 1.165) is 31.0 Å². The summed E-state index contributed by atoms with van der Waals surface area (Å²) in [7, 11) is 1.84. The fourth-order valence-corrected chi connectivity index (χ4v) is 2.98. The number of nitrogens with one attached hydrogen (secondary N) is 1. The Labute approximate surface area is 97.4 Å². The van der Waals surface area contributed by atoms with E-state index in [2.05, 4.69) is 20.8 Å². The Kier molecular flexibility index (Phi) is 2.53. The van der Waals surface area contributed by atoms with Gasteiger partial charge in [-0.3, -0.25) is 0 Å². The van der Waals surface area contributed by atoms with E-state index in [1.807, 2.05) is 11.6 Å². The van der Waals surface area contributed by atoms with Crippen LogP contribution in [0.25, 0.3) is 4.96 Å². The number of fused-ring (bicyclic) bond motifs is 1. The first kappa shape index (κ1) is 10.0. The first-order chi connectivity index (χ1) is 7.88. The van der Waals surface area contributed by atoms with E-state index in [-0.39, 0.29) is 0 Å². The zero-order valence-corrected chi connectivity index (χ0v) is 9.96. The SMILES string of the molecule is CNc1nc2scc(C3CCOCC3)n2n1. The lowest BCUT2D eigenvalue weighted by molar-refractivity contribution is 0.0842. The molecule has 86 valence electrons. The molecule has 16 heavy (non-hydrogen) atoms. The molecule has 1 aliphatic rings. The second kappa shape index (κ2) is 4.03. The van der Waals surface area contributed by atoms with Crippen LogP contribution >= 0.6 is 11.3 Å². The van der Waals surface area contributed by atoms with E-state index in [4.69, 9.17) is 4.74 Å². The van der Waals surface area contributed by atoms with Crippen molar-refractivity contribution < 1.29 is 4.74 Å². The quantitative estimate of drug-likeness (QED) is 0.865. The fourth-order valence-electron chi connectivity index (χ4n) is 2.07. The van der Waals surface area contributed by atoms with Crippen LogP contribution in [0.1, 0.15) is 24.5 Å². The highest BCUT2D eigenvalue weighted by Gasteiger charge is 2.21. The molecule has 1 saturated heterocycles.